The summed E-state index contributed by atoms with van der Waals surface area (Å²) in [5, 5.41) is 2.77. The zero-order chi connectivity index (χ0) is 22.1. The largest absolute Gasteiger partial charge is 0.494 e. The minimum atomic E-state index is -3.65. The van der Waals surface area contributed by atoms with Gasteiger partial charge in [-0.25, -0.2) is 13.1 Å². The van der Waals surface area contributed by atoms with Gasteiger partial charge in [0.2, 0.25) is 10.0 Å². The third-order valence-electron chi connectivity index (χ3n) is 4.61. The molecule has 3 aromatic carbocycles. The second-order valence-electron chi connectivity index (χ2n) is 7.02. The zero-order valence-electron chi connectivity index (χ0n) is 17.4. The second-order valence-corrected chi connectivity index (χ2v) is 8.78. The predicted molar refractivity (Wildman–Crippen MR) is 122 cm³/mol. The van der Waals surface area contributed by atoms with Gasteiger partial charge in [-0.05, 0) is 60.5 Å². The van der Waals surface area contributed by atoms with Crippen LogP contribution in [-0.4, -0.2) is 20.9 Å². The maximum absolute atomic E-state index is 12.5. The Kier molecular flexibility index (Phi) is 7.81. The molecule has 0 saturated carbocycles. The first kappa shape index (κ1) is 22.5. The molecular weight excluding hydrogens is 412 g/mol. The number of anilines is 1. The van der Waals surface area contributed by atoms with E-state index in [9.17, 15) is 13.2 Å². The molecule has 0 aliphatic heterocycles. The fourth-order valence-electron chi connectivity index (χ4n) is 2.82. The van der Waals surface area contributed by atoms with Crippen molar-refractivity contribution in [3.8, 4) is 5.75 Å². The lowest BCUT2D eigenvalue weighted by Crippen LogP contribution is -2.23. The van der Waals surface area contributed by atoms with Crippen molar-refractivity contribution in [1.82, 2.24) is 4.72 Å². The summed E-state index contributed by atoms with van der Waals surface area (Å²) in [6.07, 6.45) is 2.04. The van der Waals surface area contributed by atoms with Crippen LogP contribution >= 0.6 is 0 Å². The Hall–Kier alpha value is -3.16. The van der Waals surface area contributed by atoms with E-state index in [1.165, 1.54) is 12.1 Å². The molecule has 0 radical (unpaired) electrons. The summed E-state index contributed by atoms with van der Waals surface area (Å²) >= 11 is 0. The van der Waals surface area contributed by atoms with Crippen LogP contribution in [-0.2, 0) is 16.6 Å². The van der Waals surface area contributed by atoms with E-state index >= 15 is 0 Å². The van der Waals surface area contributed by atoms with Gasteiger partial charge in [0.1, 0.15) is 5.75 Å². The number of nitrogens with one attached hydrogen (secondary N) is 2. The second kappa shape index (κ2) is 10.7. The van der Waals surface area contributed by atoms with Gasteiger partial charge in [0.15, 0.2) is 0 Å². The van der Waals surface area contributed by atoms with Gasteiger partial charge in [-0.3, -0.25) is 4.79 Å². The molecular formula is C24H26N2O4S. The molecule has 3 rings (SSSR count). The molecule has 1 amide bonds. The number of rotatable bonds is 10. The Morgan fingerprint density at radius 2 is 1.58 bits per heavy atom. The highest BCUT2D eigenvalue weighted by Gasteiger charge is 2.14. The molecule has 0 unspecified atom stereocenters. The summed E-state index contributed by atoms with van der Waals surface area (Å²) < 4.78 is 33.1. The summed E-state index contributed by atoms with van der Waals surface area (Å²) in [7, 11) is -3.65. The van der Waals surface area contributed by atoms with E-state index in [0.717, 1.165) is 24.2 Å². The van der Waals surface area contributed by atoms with Crippen LogP contribution in [0.3, 0.4) is 0 Å². The summed E-state index contributed by atoms with van der Waals surface area (Å²) in [5.74, 6) is 0.445. The van der Waals surface area contributed by atoms with Gasteiger partial charge in [-0.1, -0.05) is 43.7 Å². The van der Waals surface area contributed by atoms with Gasteiger partial charge in [0.25, 0.3) is 5.91 Å². The molecule has 7 heteroatoms. The van der Waals surface area contributed by atoms with Gasteiger partial charge in [0.05, 0.1) is 11.5 Å². The topological polar surface area (TPSA) is 84.5 Å². The molecule has 0 aliphatic rings. The van der Waals surface area contributed by atoms with E-state index in [0.29, 0.717) is 17.9 Å². The lowest BCUT2D eigenvalue weighted by atomic mass is 10.2. The highest BCUT2D eigenvalue weighted by molar-refractivity contribution is 7.89. The Morgan fingerprint density at radius 3 is 2.23 bits per heavy atom. The SMILES string of the molecule is CCCCOc1ccc(C(=O)Nc2ccc(S(=O)(=O)NCc3ccccc3)cc2)cc1. The van der Waals surface area contributed by atoms with E-state index in [4.69, 9.17) is 4.74 Å². The Balaban J connectivity index is 1.57. The minimum Gasteiger partial charge on any atom is -0.494 e. The number of ether oxygens (including phenoxy) is 1. The number of benzene rings is 3. The number of unbranched alkanes of at least 4 members (excludes halogenated alkanes) is 1. The minimum absolute atomic E-state index is 0.134. The van der Waals surface area contributed by atoms with Crippen LogP contribution in [0, 0.1) is 0 Å². The third kappa shape index (κ3) is 6.67. The summed E-state index contributed by atoms with van der Waals surface area (Å²) in [6, 6.07) is 22.3. The van der Waals surface area contributed by atoms with E-state index in [2.05, 4.69) is 17.0 Å². The molecule has 0 spiro atoms. The van der Waals surface area contributed by atoms with E-state index in [-0.39, 0.29) is 17.3 Å². The van der Waals surface area contributed by atoms with Crippen molar-refractivity contribution >= 4 is 21.6 Å². The molecule has 0 aliphatic carbocycles. The molecule has 0 bridgehead atoms. The zero-order valence-corrected chi connectivity index (χ0v) is 18.2. The smallest absolute Gasteiger partial charge is 0.255 e. The van der Waals surface area contributed by atoms with E-state index < -0.39 is 10.0 Å². The van der Waals surface area contributed by atoms with Crippen molar-refractivity contribution < 1.29 is 17.9 Å². The number of sulfonamides is 1. The number of amides is 1. The van der Waals surface area contributed by atoms with Crippen LogP contribution in [0.1, 0.15) is 35.7 Å². The maximum Gasteiger partial charge on any atom is 0.255 e. The summed E-state index contributed by atoms with van der Waals surface area (Å²) in [4.78, 5) is 12.6. The first-order valence-corrected chi connectivity index (χ1v) is 11.6. The monoisotopic (exact) mass is 438 g/mol. The normalized spacial score (nSPS) is 11.1. The van der Waals surface area contributed by atoms with Gasteiger partial charge < -0.3 is 10.1 Å². The van der Waals surface area contributed by atoms with Gasteiger partial charge >= 0.3 is 0 Å². The Morgan fingerprint density at radius 1 is 0.903 bits per heavy atom. The molecule has 162 valence electrons. The maximum atomic E-state index is 12.5. The van der Waals surface area contributed by atoms with Crippen LogP contribution in [0.25, 0.3) is 0 Å². The summed E-state index contributed by atoms with van der Waals surface area (Å²) in [5.41, 5.74) is 1.87. The van der Waals surface area contributed by atoms with Crippen LogP contribution in [0.4, 0.5) is 5.69 Å². The van der Waals surface area contributed by atoms with Crippen molar-refractivity contribution in [2.45, 2.75) is 31.2 Å². The highest BCUT2D eigenvalue weighted by Crippen LogP contribution is 2.17. The fourth-order valence-corrected chi connectivity index (χ4v) is 3.83. The van der Waals surface area contributed by atoms with Crippen LogP contribution in [0.5, 0.6) is 5.75 Å². The van der Waals surface area contributed by atoms with Crippen LogP contribution < -0.4 is 14.8 Å². The standard InChI is InChI=1S/C24H26N2O4S/c1-2-3-17-30-22-13-9-20(10-14-22)24(27)26-21-11-15-23(16-12-21)31(28,29)25-18-19-7-5-4-6-8-19/h4-16,25H,2-3,17-18H2,1H3,(H,26,27). The number of hydrogen-bond donors (Lipinski definition) is 2. The molecule has 2 N–H and O–H groups in total. The van der Waals surface area contributed by atoms with E-state index in [1.54, 1.807) is 36.4 Å². The predicted octanol–water partition coefficient (Wildman–Crippen LogP) is 4.60. The number of carbonyl (C=O) groups is 1. The first-order valence-electron chi connectivity index (χ1n) is 10.2. The average molecular weight is 439 g/mol. The fraction of sp³-hybridized carbons (Fsp3) is 0.208. The van der Waals surface area contributed by atoms with Crippen molar-refractivity contribution in [3.05, 3.63) is 90.0 Å². The van der Waals surface area contributed by atoms with Crippen LogP contribution in [0.2, 0.25) is 0 Å². The highest BCUT2D eigenvalue weighted by atomic mass is 32.2. The Bertz CT molecular complexity index is 1080. The van der Waals surface area contributed by atoms with Gasteiger partial charge in [-0.2, -0.15) is 0 Å². The Labute approximate surface area is 183 Å². The number of hydrogen-bond acceptors (Lipinski definition) is 4. The van der Waals surface area contributed by atoms with Gasteiger partial charge in [-0.15, -0.1) is 0 Å². The molecule has 0 aromatic heterocycles. The van der Waals surface area contributed by atoms with Crippen molar-refractivity contribution in [2.24, 2.45) is 0 Å². The third-order valence-corrected chi connectivity index (χ3v) is 6.03. The van der Waals surface area contributed by atoms with Crippen molar-refractivity contribution in [1.29, 1.82) is 0 Å². The lowest BCUT2D eigenvalue weighted by molar-refractivity contribution is 0.102. The average Bonchev–Trinajstić information content (AvgIpc) is 2.79. The molecule has 6 nitrogen and oxygen atoms in total. The number of carbonyl (C=O) groups excluding carboxylic acids is 1. The van der Waals surface area contributed by atoms with Crippen molar-refractivity contribution in [2.75, 3.05) is 11.9 Å². The molecule has 0 saturated heterocycles. The molecule has 0 heterocycles. The van der Waals surface area contributed by atoms with Crippen LogP contribution in [0.15, 0.2) is 83.8 Å². The molecule has 3 aromatic rings. The molecule has 31 heavy (non-hydrogen) atoms. The van der Waals surface area contributed by atoms with Crippen molar-refractivity contribution in [3.63, 3.8) is 0 Å². The van der Waals surface area contributed by atoms with E-state index in [1.807, 2.05) is 30.3 Å². The molecule has 0 fully saturated rings. The van der Waals surface area contributed by atoms with Gasteiger partial charge in [0, 0.05) is 17.8 Å². The molecule has 0 atom stereocenters. The lowest BCUT2D eigenvalue weighted by Gasteiger charge is -2.09. The summed E-state index contributed by atoms with van der Waals surface area (Å²) in [6.45, 7) is 2.96. The quantitative estimate of drug-likeness (QED) is 0.453. The first-order chi connectivity index (χ1) is 15.0.